The largest absolute Gasteiger partial charge is 0.341 e. The van der Waals surface area contributed by atoms with Gasteiger partial charge in [-0.3, -0.25) is 4.79 Å². The van der Waals surface area contributed by atoms with Crippen LogP contribution in [0, 0.1) is 5.82 Å². The number of hydrogen-bond acceptors (Lipinski definition) is 2. The second kappa shape index (κ2) is 6.28. The van der Waals surface area contributed by atoms with Crippen molar-refractivity contribution >= 4 is 5.91 Å². The first-order valence-electron chi connectivity index (χ1n) is 9.20. The van der Waals surface area contributed by atoms with E-state index in [-0.39, 0.29) is 11.7 Å². The monoisotopic (exact) mass is 341 g/mol. The van der Waals surface area contributed by atoms with Crippen molar-refractivity contribution in [1.82, 2.24) is 14.5 Å². The first-order chi connectivity index (χ1) is 12.1. The SMILES string of the molecule is CCn1ccnc1C1CCCN(C(=O)C2(c3ccc(F)cc3)CC2)C1. The highest BCUT2D eigenvalue weighted by Gasteiger charge is 2.53. The Labute approximate surface area is 147 Å². The van der Waals surface area contributed by atoms with Crippen LogP contribution < -0.4 is 0 Å². The molecule has 1 aromatic carbocycles. The van der Waals surface area contributed by atoms with E-state index in [1.807, 2.05) is 17.3 Å². The van der Waals surface area contributed by atoms with Gasteiger partial charge in [0.2, 0.25) is 5.91 Å². The Balaban J connectivity index is 1.53. The molecule has 2 fully saturated rings. The van der Waals surface area contributed by atoms with Crippen LogP contribution in [-0.2, 0) is 16.8 Å². The maximum atomic E-state index is 13.2. The maximum absolute atomic E-state index is 13.2. The molecule has 1 aromatic heterocycles. The van der Waals surface area contributed by atoms with Gasteiger partial charge in [-0.1, -0.05) is 12.1 Å². The fourth-order valence-corrected chi connectivity index (χ4v) is 4.14. The molecule has 1 atom stereocenters. The smallest absolute Gasteiger partial charge is 0.233 e. The molecule has 0 bridgehead atoms. The maximum Gasteiger partial charge on any atom is 0.233 e. The van der Waals surface area contributed by atoms with E-state index >= 15 is 0 Å². The third-order valence-electron chi connectivity index (χ3n) is 5.72. The second-order valence-corrected chi connectivity index (χ2v) is 7.25. The number of nitrogens with zero attached hydrogens (tertiary/aromatic N) is 3. The van der Waals surface area contributed by atoms with Gasteiger partial charge in [0.25, 0.3) is 0 Å². The molecular weight excluding hydrogens is 317 g/mol. The van der Waals surface area contributed by atoms with E-state index < -0.39 is 5.41 Å². The molecule has 2 heterocycles. The molecule has 1 amide bonds. The molecule has 1 saturated carbocycles. The van der Waals surface area contributed by atoms with Crippen molar-refractivity contribution in [3.05, 3.63) is 53.9 Å². The van der Waals surface area contributed by atoms with Gasteiger partial charge >= 0.3 is 0 Å². The quantitative estimate of drug-likeness (QED) is 0.854. The zero-order valence-corrected chi connectivity index (χ0v) is 14.6. The number of carbonyl (C=O) groups is 1. The summed E-state index contributed by atoms with van der Waals surface area (Å²) in [5.41, 5.74) is 0.534. The van der Waals surface area contributed by atoms with E-state index in [1.54, 1.807) is 12.1 Å². The summed E-state index contributed by atoms with van der Waals surface area (Å²) >= 11 is 0. The lowest BCUT2D eigenvalue weighted by atomic mass is 9.91. The molecule has 0 radical (unpaired) electrons. The third-order valence-corrected chi connectivity index (χ3v) is 5.72. The van der Waals surface area contributed by atoms with Gasteiger partial charge in [0.15, 0.2) is 0 Å². The van der Waals surface area contributed by atoms with E-state index in [0.29, 0.717) is 5.92 Å². The van der Waals surface area contributed by atoms with Crippen LogP contribution in [-0.4, -0.2) is 33.4 Å². The summed E-state index contributed by atoms with van der Waals surface area (Å²) in [6.45, 7) is 4.56. The van der Waals surface area contributed by atoms with E-state index in [4.69, 9.17) is 0 Å². The summed E-state index contributed by atoms with van der Waals surface area (Å²) in [6.07, 6.45) is 7.67. The number of rotatable bonds is 4. The Bertz CT molecular complexity index is 764. The summed E-state index contributed by atoms with van der Waals surface area (Å²) in [6, 6.07) is 6.45. The van der Waals surface area contributed by atoms with Gasteiger partial charge in [-0.05, 0) is 50.3 Å². The topological polar surface area (TPSA) is 38.1 Å². The van der Waals surface area contributed by atoms with Gasteiger partial charge in [-0.25, -0.2) is 9.37 Å². The van der Waals surface area contributed by atoms with Crippen LogP contribution in [0.4, 0.5) is 4.39 Å². The Kier molecular flexibility index (Phi) is 4.10. The number of halogens is 1. The van der Waals surface area contributed by atoms with Crippen LogP contribution in [0.5, 0.6) is 0 Å². The normalized spacial score (nSPS) is 22.0. The minimum absolute atomic E-state index is 0.207. The molecule has 2 aliphatic rings. The van der Waals surface area contributed by atoms with Crippen LogP contribution in [0.1, 0.15) is 49.9 Å². The zero-order valence-electron chi connectivity index (χ0n) is 14.6. The van der Waals surface area contributed by atoms with Crippen molar-refractivity contribution in [2.45, 2.75) is 50.5 Å². The molecule has 1 unspecified atom stereocenters. The predicted octanol–water partition coefficient (Wildman–Crippen LogP) is 3.48. The lowest BCUT2D eigenvalue weighted by Gasteiger charge is -2.35. The lowest BCUT2D eigenvalue weighted by molar-refractivity contribution is -0.135. The number of likely N-dealkylation sites (tertiary alicyclic amines) is 1. The highest BCUT2D eigenvalue weighted by atomic mass is 19.1. The number of imidazole rings is 1. The molecule has 0 spiro atoms. The van der Waals surface area contributed by atoms with Gasteiger partial charge < -0.3 is 9.47 Å². The van der Waals surface area contributed by atoms with E-state index in [0.717, 1.165) is 56.7 Å². The second-order valence-electron chi connectivity index (χ2n) is 7.25. The molecular formula is C20H24FN3O. The minimum atomic E-state index is -0.421. The van der Waals surface area contributed by atoms with Crippen LogP contribution in [0.25, 0.3) is 0 Å². The molecule has 1 saturated heterocycles. The zero-order chi connectivity index (χ0) is 17.4. The van der Waals surface area contributed by atoms with Crippen LogP contribution >= 0.6 is 0 Å². The van der Waals surface area contributed by atoms with Crippen LogP contribution in [0.2, 0.25) is 0 Å². The Morgan fingerprint density at radius 3 is 2.76 bits per heavy atom. The number of benzene rings is 1. The predicted molar refractivity (Wildman–Crippen MR) is 93.8 cm³/mol. The van der Waals surface area contributed by atoms with E-state index in [1.165, 1.54) is 12.1 Å². The first kappa shape index (κ1) is 16.3. The molecule has 2 aromatic rings. The van der Waals surface area contributed by atoms with Crippen molar-refractivity contribution in [2.75, 3.05) is 13.1 Å². The Hall–Kier alpha value is -2.17. The van der Waals surface area contributed by atoms with Crippen molar-refractivity contribution in [1.29, 1.82) is 0 Å². The molecule has 4 rings (SSSR count). The molecule has 1 aliphatic carbocycles. The summed E-state index contributed by atoms with van der Waals surface area (Å²) < 4.78 is 15.4. The van der Waals surface area contributed by atoms with Gasteiger partial charge in [0, 0.05) is 37.9 Å². The van der Waals surface area contributed by atoms with E-state index in [2.05, 4.69) is 16.5 Å². The lowest BCUT2D eigenvalue weighted by Crippen LogP contribution is -2.45. The Morgan fingerprint density at radius 1 is 1.32 bits per heavy atom. The fraction of sp³-hybridized carbons (Fsp3) is 0.500. The van der Waals surface area contributed by atoms with Gasteiger partial charge in [0.1, 0.15) is 11.6 Å². The number of amides is 1. The summed E-state index contributed by atoms with van der Waals surface area (Å²) in [5.74, 6) is 1.35. The van der Waals surface area contributed by atoms with Crippen molar-refractivity contribution in [2.24, 2.45) is 0 Å². The molecule has 1 aliphatic heterocycles. The number of aromatic nitrogens is 2. The number of hydrogen-bond donors (Lipinski definition) is 0. The summed E-state index contributed by atoms with van der Waals surface area (Å²) in [4.78, 5) is 19.8. The molecule has 0 N–H and O–H groups in total. The van der Waals surface area contributed by atoms with E-state index in [9.17, 15) is 9.18 Å². The third kappa shape index (κ3) is 2.86. The summed E-state index contributed by atoms with van der Waals surface area (Å²) in [5, 5.41) is 0. The van der Waals surface area contributed by atoms with Crippen LogP contribution in [0.3, 0.4) is 0 Å². The average Bonchev–Trinajstić information content (AvgIpc) is 3.31. The fourth-order valence-electron chi connectivity index (χ4n) is 4.14. The summed E-state index contributed by atoms with van der Waals surface area (Å²) in [7, 11) is 0. The molecule has 132 valence electrons. The molecule has 5 heteroatoms. The van der Waals surface area contributed by atoms with Gasteiger partial charge in [-0.15, -0.1) is 0 Å². The number of piperidine rings is 1. The van der Waals surface area contributed by atoms with Gasteiger partial charge in [-0.2, -0.15) is 0 Å². The molecule has 4 nitrogen and oxygen atoms in total. The van der Waals surface area contributed by atoms with Crippen molar-refractivity contribution in [3.8, 4) is 0 Å². The number of aryl methyl sites for hydroxylation is 1. The van der Waals surface area contributed by atoms with Crippen molar-refractivity contribution < 1.29 is 9.18 Å². The molecule has 25 heavy (non-hydrogen) atoms. The van der Waals surface area contributed by atoms with Crippen molar-refractivity contribution in [3.63, 3.8) is 0 Å². The minimum Gasteiger partial charge on any atom is -0.341 e. The standard InChI is InChI=1S/C20H24FN3O/c1-2-23-13-11-22-18(23)15-4-3-12-24(14-15)19(25)20(9-10-20)16-5-7-17(21)8-6-16/h5-8,11,13,15H,2-4,9-10,12,14H2,1H3. The first-order valence-corrected chi connectivity index (χ1v) is 9.20. The highest BCUT2D eigenvalue weighted by molar-refractivity contribution is 5.91. The Morgan fingerprint density at radius 2 is 2.08 bits per heavy atom. The average molecular weight is 341 g/mol. The number of carbonyl (C=O) groups excluding carboxylic acids is 1. The highest BCUT2D eigenvalue weighted by Crippen LogP contribution is 2.50. The van der Waals surface area contributed by atoms with Gasteiger partial charge in [0.05, 0.1) is 5.41 Å². The van der Waals surface area contributed by atoms with Crippen LogP contribution in [0.15, 0.2) is 36.7 Å².